The highest BCUT2D eigenvalue weighted by atomic mass is 16.3. The van der Waals surface area contributed by atoms with E-state index < -0.39 is 0 Å². The lowest BCUT2D eigenvalue weighted by Crippen LogP contribution is -2.32. The number of hydrogen-bond donors (Lipinski definition) is 2. The monoisotopic (exact) mass is 233 g/mol. The first kappa shape index (κ1) is 12.0. The zero-order valence-electron chi connectivity index (χ0n) is 10.4. The molecule has 1 unspecified atom stereocenters. The molecule has 1 aliphatic rings. The number of carbonyl (C=O) groups excluding carboxylic acids is 1. The fourth-order valence-corrected chi connectivity index (χ4v) is 2.02. The molecule has 0 spiro atoms. The number of benzene rings is 1. The predicted octanol–water partition coefficient (Wildman–Crippen LogP) is 2.62. The fourth-order valence-electron chi connectivity index (χ4n) is 2.02. The summed E-state index contributed by atoms with van der Waals surface area (Å²) in [6, 6.07) is 5.16. The number of aromatic hydroxyl groups is 1. The first-order chi connectivity index (χ1) is 8.06. The minimum Gasteiger partial charge on any atom is -0.508 e. The normalized spacial score (nSPS) is 16.6. The summed E-state index contributed by atoms with van der Waals surface area (Å²) in [5.41, 5.74) is 1.34. The molecule has 2 rings (SSSR count). The van der Waals surface area contributed by atoms with E-state index in [1.807, 2.05) is 6.92 Å². The molecule has 3 heteroatoms. The topological polar surface area (TPSA) is 49.3 Å². The van der Waals surface area contributed by atoms with Gasteiger partial charge in [0.15, 0.2) is 0 Å². The van der Waals surface area contributed by atoms with Crippen LogP contribution in [0.4, 0.5) is 0 Å². The SMILES string of the molecule is Cc1cc(C(=O)NC(C)CC2CC2)ccc1O. The Labute approximate surface area is 102 Å². The molecule has 1 aromatic rings. The molecule has 92 valence electrons. The van der Waals surface area contributed by atoms with Gasteiger partial charge in [0, 0.05) is 11.6 Å². The maximum absolute atomic E-state index is 11.9. The summed E-state index contributed by atoms with van der Waals surface area (Å²) in [4.78, 5) is 11.9. The second-order valence-electron chi connectivity index (χ2n) is 5.05. The van der Waals surface area contributed by atoms with Gasteiger partial charge < -0.3 is 10.4 Å². The molecule has 2 N–H and O–H groups in total. The number of nitrogens with one attached hydrogen (secondary N) is 1. The van der Waals surface area contributed by atoms with Gasteiger partial charge in [-0.05, 0) is 49.9 Å². The minimum atomic E-state index is -0.0544. The number of phenols is 1. The van der Waals surface area contributed by atoms with Gasteiger partial charge in [-0.25, -0.2) is 0 Å². The molecule has 1 saturated carbocycles. The molecule has 0 radical (unpaired) electrons. The van der Waals surface area contributed by atoms with Crippen molar-refractivity contribution in [3.63, 3.8) is 0 Å². The molecule has 3 nitrogen and oxygen atoms in total. The zero-order chi connectivity index (χ0) is 12.4. The summed E-state index contributed by atoms with van der Waals surface area (Å²) in [7, 11) is 0. The highest BCUT2D eigenvalue weighted by Gasteiger charge is 2.24. The largest absolute Gasteiger partial charge is 0.508 e. The van der Waals surface area contributed by atoms with Crippen LogP contribution in [-0.2, 0) is 0 Å². The van der Waals surface area contributed by atoms with Crippen molar-refractivity contribution in [2.75, 3.05) is 0 Å². The molecular weight excluding hydrogens is 214 g/mol. The van der Waals surface area contributed by atoms with Crippen molar-refractivity contribution in [3.05, 3.63) is 29.3 Å². The van der Waals surface area contributed by atoms with E-state index in [-0.39, 0.29) is 17.7 Å². The Kier molecular flexibility index (Phi) is 3.36. The van der Waals surface area contributed by atoms with Gasteiger partial charge in [0.25, 0.3) is 5.91 Å². The lowest BCUT2D eigenvalue weighted by atomic mass is 10.1. The molecule has 17 heavy (non-hydrogen) atoms. The van der Waals surface area contributed by atoms with Crippen molar-refractivity contribution in [2.24, 2.45) is 5.92 Å². The van der Waals surface area contributed by atoms with E-state index in [2.05, 4.69) is 5.32 Å². The number of carbonyl (C=O) groups is 1. The van der Waals surface area contributed by atoms with E-state index in [0.29, 0.717) is 5.56 Å². The highest BCUT2D eigenvalue weighted by Crippen LogP contribution is 2.33. The van der Waals surface area contributed by atoms with E-state index in [0.717, 1.165) is 17.9 Å². The van der Waals surface area contributed by atoms with Crippen molar-refractivity contribution in [1.82, 2.24) is 5.32 Å². The van der Waals surface area contributed by atoms with Gasteiger partial charge in [0.05, 0.1) is 0 Å². The maximum atomic E-state index is 11.9. The highest BCUT2D eigenvalue weighted by molar-refractivity contribution is 5.94. The van der Waals surface area contributed by atoms with Crippen LogP contribution in [0.2, 0.25) is 0 Å². The van der Waals surface area contributed by atoms with Gasteiger partial charge in [0.1, 0.15) is 5.75 Å². The van der Waals surface area contributed by atoms with Crippen LogP contribution in [0.25, 0.3) is 0 Å². The number of amides is 1. The number of rotatable bonds is 4. The average Bonchev–Trinajstić information content (AvgIpc) is 3.05. The summed E-state index contributed by atoms with van der Waals surface area (Å²) in [5.74, 6) is 0.987. The molecule has 1 aromatic carbocycles. The second-order valence-corrected chi connectivity index (χ2v) is 5.05. The van der Waals surface area contributed by atoms with Crippen molar-refractivity contribution in [1.29, 1.82) is 0 Å². The quantitative estimate of drug-likeness (QED) is 0.839. The van der Waals surface area contributed by atoms with Crippen LogP contribution < -0.4 is 5.32 Å². The van der Waals surface area contributed by atoms with Gasteiger partial charge in [-0.15, -0.1) is 0 Å². The second kappa shape index (κ2) is 4.78. The van der Waals surface area contributed by atoms with Gasteiger partial charge in [-0.2, -0.15) is 0 Å². The Hall–Kier alpha value is -1.51. The molecule has 1 amide bonds. The fraction of sp³-hybridized carbons (Fsp3) is 0.500. The molecule has 0 saturated heterocycles. The van der Waals surface area contributed by atoms with E-state index >= 15 is 0 Å². The average molecular weight is 233 g/mol. The standard InChI is InChI=1S/C14H19NO2/c1-9-7-12(5-6-13(9)16)14(17)15-10(2)8-11-3-4-11/h5-7,10-11,16H,3-4,8H2,1-2H3,(H,15,17). The third-order valence-electron chi connectivity index (χ3n) is 3.22. The predicted molar refractivity (Wildman–Crippen MR) is 67.1 cm³/mol. The van der Waals surface area contributed by atoms with Gasteiger partial charge in [-0.3, -0.25) is 4.79 Å². The molecule has 0 heterocycles. The van der Waals surface area contributed by atoms with E-state index in [4.69, 9.17) is 0 Å². The Morgan fingerprint density at radius 1 is 1.53 bits per heavy atom. The van der Waals surface area contributed by atoms with Crippen molar-refractivity contribution in [3.8, 4) is 5.75 Å². The van der Waals surface area contributed by atoms with Crippen molar-refractivity contribution >= 4 is 5.91 Å². The van der Waals surface area contributed by atoms with Crippen LogP contribution in [0.5, 0.6) is 5.75 Å². The van der Waals surface area contributed by atoms with Gasteiger partial charge >= 0.3 is 0 Å². The van der Waals surface area contributed by atoms with Crippen LogP contribution in [0.15, 0.2) is 18.2 Å². The Morgan fingerprint density at radius 3 is 2.82 bits per heavy atom. The summed E-state index contributed by atoms with van der Waals surface area (Å²) < 4.78 is 0. The number of aryl methyl sites for hydroxylation is 1. The van der Waals surface area contributed by atoms with E-state index in [9.17, 15) is 9.90 Å². The minimum absolute atomic E-state index is 0.0544. The molecule has 1 fully saturated rings. The Morgan fingerprint density at radius 2 is 2.24 bits per heavy atom. The Bertz CT molecular complexity index is 424. The lowest BCUT2D eigenvalue weighted by molar-refractivity contribution is 0.0937. The van der Waals surface area contributed by atoms with Crippen LogP contribution in [0.1, 0.15) is 42.1 Å². The maximum Gasteiger partial charge on any atom is 0.251 e. The third kappa shape index (κ3) is 3.22. The Balaban J connectivity index is 1.95. The van der Waals surface area contributed by atoms with Gasteiger partial charge in [0.2, 0.25) is 0 Å². The van der Waals surface area contributed by atoms with Crippen molar-refractivity contribution in [2.45, 2.75) is 39.2 Å². The lowest BCUT2D eigenvalue weighted by Gasteiger charge is -2.13. The zero-order valence-corrected chi connectivity index (χ0v) is 10.4. The summed E-state index contributed by atoms with van der Waals surface area (Å²) in [5, 5.41) is 12.4. The number of phenolic OH excluding ortho intramolecular Hbond substituents is 1. The number of hydrogen-bond acceptors (Lipinski definition) is 2. The molecule has 0 aromatic heterocycles. The summed E-state index contributed by atoms with van der Waals surface area (Å²) in [6.07, 6.45) is 3.68. The van der Waals surface area contributed by atoms with Crippen LogP contribution in [-0.4, -0.2) is 17.1 Å². The van der Waals surface area contributed by atoms with E-state index in [1.165, 1.54) is 12.8 Å². The summed E-state index contributed by atoms with van der Waals surface area (Å²) in [6.45, 7) is 3.84. The molecule has 0 bridgehead atoms. The summed E-state index contributed by atoms with van der Waals surface area (Å²) >= 11 is 0. The van der Waals surface area contributed by atoms with Crippen LogP contribution in [0.3, 0.4) is 0 Å². The van der Waals surface area contributed by atoms with Crippen LogP contribution >= 0.6 is 0 Å². The first-order valence-corrected chi connectivity index (χ1v) is 6.16. The van der Waals surface area contributed by atoms with Crippen LogP contribution in [0, 0.1) is 12.8 Å². The molecule has 1 aliphatic carbocycles. The van der Waals surface area contributed by atoms with Gasteiger partial charge in [-0.1, -0.05) is 12.8 Å². The molecular formula is C14H19NO2. The van der Waals surface area contributed by atoms with E-state index in [1.54, 1.807) is 25.1 Å². The molecule has 1 atom stereocenters. The molecule has 0 aliphatic heterocycles. The van der Waals surface area contributed by atoms with Crippen molar-refractivity contribution < 1.29 is 9.90 Å². The third-order valence-corrected chi connectivity index (χ3v) is 3.22. The first-order valence-electron chi connectivity index (χ1n) is 6.16. The smallest absolute Gasteiger partial charge is 0.251 e.